The van der Waals surface area contributed by atoms with E-state index in [4.69, 9.17) is 9.84 Å². The van der Waals surface area contributed by atoms with Crippen molar-refractivity contribution >= 4 is 17.3 Å². The summed E-state index contributed by atoms with van der Waals surface area (Å²) in [7, 11) is 0. The number of ether oxygens (including phenoxy) is 1. The number of hydrogen-bond acceptors (Lipinski definition) is 5. The van der Waals surface area contributed by atoms with E-state index in [1.807, 2.05) is 16.8 Å². The van der Waals surface area contributed by atoms with Crippen molar-refractivity contribution in [2.24, 2.45) is 0 Å². The van der Waals surface area contributed by atoms with Crippen LogP contribution in [0.25, 0.3) is 11.3 Å². The molecule has 0 saturated heterocycles. The highest BCUT2D eigenvalue weighted by molar-refractivity contribution is 7.08. The molecule has 0 atom stereocenters. The van der Waals surface area contributed by atoms with Crippen molar-refractivity contribution < 1.29 is 19.0 Å². The fourth-order valence-electron chi connectivity index (χ4n) is 2.25. The van der Waals surface area contributed by atoms with Gasteiger partial charge in [-0.1, -0.05) is 12.1 Å². The molecule has 7 heteroatoms. The van der Waals surface area contributed by atoms with Crippen molar-refractivity contribution in [2.75, 3.05) is 0 Å². The Morgan fingerprint density at radius 3 is 2.88 bits per heavy atom. The standard InChI is InChI=1S/C18H15FN2O3S/c19-15-7-12(1-2-13(15)3-4-18(22)23)10-24-17-9-20-8-16(21-17)14-5-6-25-11-14/h1-2,5-9,11H,3-4,10H2,(H,22,23). The highest BCUT2D eigenvalue weighted by Crippen LogP contribution is 2.21. The number of carboxylic acid groups (broad SMARTS) is 1. The van der Waals surface area contributed by atoms with Gasteiger partial charge in [0.25, 0.3) is 0 Å². The van der Waals surface area contributed by atoms with Crippen LogP contribution in [0, 0.1) is 5.82 Å². The van der Waals surface area contributed by atoms with Crippen LogP contribution < -0.4 is 4.74 Å². The molecule has 0 amide bonds. The number of rotatable bonds is 7. The van der Waals surface area contributed by atoms with Gasteiger partial charge in [-0.05, 0) is 35.1 Å². The van der Waals surface area contributed by atoms with Crippen molar-refractivity contribution in [1.29, 1.82) is 0 Å². The number of benzene rings is 1. The lowest BCUT2D eigenvalue weighted by Gasteiger charge is -2.08. The highest BCUT2D eigenvalue weighted by Gasteiger charge is 2.08. The summed E-state index contributed by atoms with van der Waals surface area (Å²) in [6.07, 6.45) is 3.23. The first-order valence-electron chi connectivity index (χ1n) is 7.58. The van der Waals surface area contributed by atoms with Gasteiger partial charge in [0, 0.05) is 17.4 Å². The molecule has 2 aromatic heterocycles. The summed E-state index contributed by atoms with van der Waals surface area (Å²) in [6.45, 7) is 0.151. The molecule has 5 nitrogen and oxygen atoms in total. The SMILES string of the molecule is O=C(O)CCc1ccc(COc2cncc(-c3ccsc3)n2)cc1F. The molecule has 0 aliphatic carbocycles. The van der Waals surface area contributed by atoms with E-state index in [0.29, 0.717) is 22.7 Å². The van der Waals surface area contributed by atoms with Crippen LogP contribution in [0.2, 0.25) is 0 Å². The van der Waals surface area contributed by atoms with E-state index in [0.717, 1.165) is 5.56 Å². The highest BCUT2D eigenvalue weighted by atomic mass is 32.1. The molecule has 2 heterocycles. The second-order valence-electron chi connectivity index (χ2n) is 5.36. The largest absolute Gasteiger partial charge is 0.481 e. The molecule has 0 spiro atoms. The lowest BCUT2D eigenvalue weighted by molar-refractivity contribution is -0.136. The first-order chi connectivity index (χ1) is 12.1. The third kappa shape index (κ3) is 4.60. The number of carboxylic acids is 1. The lowest BCUT2D eigenvalue weighted by Crippen LogP contribution is -2.02. The number of aliphatic carboxylic acids is 1. The van der Waals surface area contributed by atoms with Gasteiger partial charge in [0.05, 0.1) is 18.1 Å². The molecular formula is C18H15FN2O3S. The Balaban J connectivity index is 1.65. The summed E-state index contributed by atoms with van der Waals surface area (Å²) in [6, 6.07) is 6.61. The molecule has 25 heavy (non-hydrogen) atoms. The molecule has 3 rings (SSSR count). The molecule has 0 radical (unpaired) electrons. The van der Waals surface area contributed by atoms with Gasteiger partial charge in [-0.15, -0.1) is 0 Å². The average molecular weight is 358 g/mol. The van der Waals surface area contributed by atoms with Gasteiger partial charge < -0.3 is 9.84 Å². The summed E-state index contributed by atoms with van der Waals surface area (Å²) < 4.78 is 19.6. The minimum Gasteiger partial charge on any atom is -0.481 e. The van der Waals surface area contributed by atoms with E-state index < -0.39 is 11.8 Å². The quantitative estimate of drug-likeness (QED) is 0.692. The number of aryl methyl sites for hydroxylation is 1. The number of thiophene rings is 1. The summed E-state index contributed by atoms with van der Waals surface area (Å²) in [5.74, 6) is -1.02. The van der Waals surface area contributed by atoms with E-state index in [-0.39, 0.29) is 19.4 Å². The summed E-state index contributed by atoms with van der Waals surface area (Å²) >= 11 is 1.57. The molecule has 0 aliphatic heterocycles. The van der Waals surface area contributed by atoms with Crippen LogP contribution in [-0.2, 0) is 17.8 Å². The van der Waals surface area contributed by atoms with Gasteiger partial charge in [0.15, 0.2) is 0 Å². The monoisotopic (exact) mass is 358 g/mol. The maximum atomic E-state index is 14.0. The summed E-state index contributed by atoms with van der Waals surface area (Å²) in [4.78, 5) is 19.1. The van der Waals surface area contributed by atoms with Crippen molar-refractivity contribution in [3.63, 3.8) is 0 Å². The predicted molar refractivity (Wildman–Crippen MR) is 92.0 cm³/mol. The number of halogens is 1. The fourth-order valence-corrected chi connectivity index (χ4v) is 2.90. The van der Waals surface area contributed by atoms with Crippen molar-refractivity contribution in [2.45, 2.75) is 19.4 Å². The first-order valence-corrected chi connectivity index (χ1v) is 8.52. The summed E-state index contributed by atoms with van der Waals surface area (Å²) in [5.41, 5.74) is 2.70. The number of hydrogen-bond donors (Lipinski definition) is 1. The van der Waals surface area contributed by atoms with Crippen LogP contribution in [0.4, 0.5) is 4.39 Å². The van der Waals surface area contributed by atoms with Crippen LogP contribution >= 0.6 is 11.3 Å². The third-order valence-corrected chi connectivity index (χ3v) is 4.23. The lowest BCUT2D eigenvalue weighted by atomic mass is 10.1. The maximum absolute atomic E-state index is 14.0. The molecule has 1 N–H and O–H groups in total. The van der Waals surface area contributed by atoms with E-state index in [1.54, 1.807) is 29.7 Å². The zero-order valence-electron chi connectivity index (χ0n) is 13.2. The molecule has 3 aromatic rings. The molecule has 0 fully saturated rings. The Bertz CT molecular complexity index is 869. The second-order valence-corrected chi connectivity index (χ2v) is 6.14. The molecule has 0 saturated carbocycles. The number of carbonyl (C=O) groups is 1. The van der Waals surface area contributed by atoms with E-state index in [1.165, 1.54) is 12.3 Å². The molecular weight excluding hydrogens is 343 g/mol. The zero-order chi connectivity index (χ0) is 17.6. The Labute approximate surface area is 147 Å². The van der Waals surface area contributed by atoms with Crippen LogP contribution in [0.1, 0.15) is 17.5 Å². The number of aromatic nitrogens is 2. The normalized spacial score (nSPS) is 10.6. The van der Waals surface area contributed by atoms with Crippen molar-refractivity contribution in [3.8, 4) is 17.1 Å². The topological polar surface area (TPSA) is 72.3 Å². The molecule has 0 unspecified atom stereocenters. The number of nitrogens with zero attached hydrogens (tertiary/aromatic N) is 2. The van der Waals surface area contributed by atoms with Crippen LogP contribution in [0.15, 0.2) is 47.4 Å². The Kier molecular flexibility index (Phi) is 5.35. The van der Waals surface area contributed by atoms with Gasteiger partial charge in [0.1, 0.15) is 12.4 Å². The van der Waals surface area contributed by atoms with Gasteiger partial charge in [-0.2, -0.15) is 11.3 Å². The van der Waals surface area contributed by atoms with Gasteiger partial charge in [0.2, 0.25) is 5.88 Å². The van der Waals surface area contributed by atoms with E-state index >= 15 is 0 Å². The Morgan fingerprint density at radius 1 is 1.28 bits per heavy atom. The molecule has 128 valence electrons. The average Bonchev–Trinajstić information content (AvgIpc) is 3.14. The van der Waals surface area contributed by atoms with Crippen LogP contribution in [-0.4, -0.2) is 21.0 Å². The van der Waals surface area contributed by atoms with Crippen molar-refractivity contribution in [1.82, 2.24) is 9.97 Å². The third-order valence-electron chi connectivity index (χ3n) is 3.54. The molecule has 1 aromatic carbocycles. The first kappa shape index (κ1) is 17.0. The van der Waals surface area contributed by atoms with E-state index in [9.17, 15) is 9.18 Å². The smallest absolute Gasteiger partial charge is 0.303 e. The van der Waals surface area contributed by atoms with E-state index in [2.05, 4.69) is 9.97 Å². The minimum absolute atomic E-state index is 0.0995. The van der Waals surface area contributed by atoms with Crippen LogP contribution in [0.3, 0.4) is 0 Å². The zero-order valence-corrected chi connectivity index (χ0v) is 14.0. The summed E-state index contributed by atoms with van der Waals surface area (Å²) in [5, 5.41) is 12.6. The second kappa shape index (κ2) is 7.85. The predicted octanol–water partition coefficient (Wildman–Crippen LogP) is 3.94. The maximum Gasteiger partial charge on any atom is 0.303 e. The van der Waals surface area contributed by atoms with Gasteiger partial charge >= 0.3 is 5.97 Å². The van der Waals surface area contributed by atoms with Crippen molar-refractivity contribution in [3.05, 3.63) is 64.4 Å². The molecule has 0 bridgehead atoms. The van der Waals surface area contributed by atoms with Gasteiger partial charge in [-0.25, -0.2) is 9.37 Å². The minimum atomic E-state index is -0.948. The fraction of sp³-hybridized carbons (Fsp3) is 0.167. The van der Waals surface area contributed by atoms with Crippen LogP contribution in [0.5, 0.6) is 5.88 Å². The molecule has 0 aliphatic rings. The Morgan fingerprint density at radius 2 is 2.16 bits per heavy atom. The Hall–Kier alpha value is -2.80. The van der Waals surface area contributed by atoms with Gasteiger partial charge in [-0.3, -0.25) is 9.78 Å².